The Bertz CT molecular complexity index is 2930. The van der Waals surface area contributed by atoms with Gasteiger partial charge in [0.2, 0.25) is 0 Å². The third-order valence-corrected chi connectivity index (χ3v) is 11.1. The van der Waals surface area contributed by atoms with E-state index in [1.54, 1.807) is 0 Å². The fourth-order valence-corrected chi connectivity index (χ4v) is 8.95. The summed E-state index contributed by atoms with van der Waals surface area (Å²) in [5.41, 5.74) is 14.9. The minimum Gasteiger partial charge on any atom is -0.454 e. The summed E-state index contributed by atoms with van der Waals surface area (Å²) in [6, 6.07) is 68.5. The average molecular weight is 650 g/mol. The van der Waals surface area contributed by atoms with E-state index >= 15 is 0 Å². The maximum Gasteiger partial charge on any atom is 0.160 e. The van der Waals surface area contributed by atoms with E-state index < -0.39 is 5.41 Å². The van der Waals surface area contributed by atoms with E-state index in [1.165, 1.54) is 55.3 Å². The van der Waals surface area contributed by atoms with Gasteiger partial charge in [-0.3, -0.25) is 0 Å². The molecule has 8 aromatic carbocycles. The van der Waals surface area contributed by atoms with Crippen molar-refractivity contribution in [3.8, 4) is 27.9 Å². The van der Waals surface area contributed by atoms with Crippen LogP contribution in [0.1, 0.15) is 22.3 Å². The summed E-state index contributed by atoms with van der Waals surface area (Å²) in [6.45, 7) is 0. The molecule has 51 heavy (non-hydrogen) atoms. The van der Waals surface area contributed by atoms with E-state index in [9.17, 15) is 0 Å². The Morgan fingerprint density at radius 3 is 1.88 bits per heavy atom. The number of aromatic nitrogens is 1. The van der Waals surface area contributed by atoms with Crippen LogP contribution in [-0.2, 0) is 5.41 Å². The van der Waals surface area contributed by atoms with Crippen molar-refractivity contribution in [3.05, 3.63) is 210 Å². The molecule has 0 radical (unpaired) electrons. The van der Waals surface area contributed by atoms with E-state index in [4.69, 9.17) is 4.42 Å². The normalized spacial score (nSPS) is 13.3. The molecule has 0 saturated heterocycles. The molecule has 0 unspecified atom stereocenters. The summed E-state index contributed by atoms with van der Waals surface area (Å²) < 4.78 is 9.03. The molecule has 0 spiro atoms. The summed E-state index contributed by atoms with van der Waals surface area (Å²) in [7, 11) is 0. The smallest absolute Gasteiger partial charge is 0.160 e. The van der Waals surface area contributed by atoms with Crippen LogP contribution in [0.4, 0.5) is 0 Å². The third-order valence-electron chi connectivity index (χ3n) is 11.1. The molecular formula is C49H31NO. The van der Waals surface area contributed by atoms with Crippen LogP contribution in [0.5, 0.6) is 0 Å². The van der Waals surface area contributed by atoms with Crippen LogP contribution in [0.15, 0.2) is 192 Å². The molecule has 1 aliphatic rings. The lowest BCUT2D eigenvalue weighted by Crippen LogP contribution is -2.28. The Morgan fingerprint density at radius 1 is 0.412 bits per heavy atom. The molecule has 2 aromatic heterocycles. The molecule has 2 nitrogen and oxygen atoms in total. The van der Waals surface area contributed by atoms with Crippen LogP contribution in [0.3, 0.4) is 0 Å². The van der Waals surface area contributed by atoms with E-state index in [0.717, 1.165) is 38.7 Å². The van der Waals surface area contributed by atoms with Crippen molar-refractivity contribution in [2.75, 3.05) is 0 Å². The zero-order valence-corrected chi connectivity index (χ0v) is 27.8. The van der Waals surface area contributed by atoms with Crippen molar-refractivity contribution in [3.63, 3.8) is 0 Å². The first-order valence-electron chi connectivity index (χ1n) is 17.6. The van der Waals surface area contributed by atoms with Gasteiger partial charge < -0.3 is 8.98 Å². The molecule has 2 heterocycles. The predicted octanol–water partition coefficient (Wildman–Crippen LogP) is 12.7. The van der Waals surface area contributed by atoms with Crippen molar-refractivity contribution < 1.29 is 4.42 Å². The highest BCUT2D eigenvalue weighted by molar-refractivity contribution is 6.21. The number of furan rings is 1. The molecule has 1 aliphatic carbocycles. The topological polar surface area (TPSA) is 18.1 Å². The summed E-state index contributed by atoms with van der Waals surface area (Å²) >= 11 is 0. The zero-order chi connectivity index (χ0) is 33.5. The Labute approximate surface area is 295 Å². The molecular weight excluding hydrogens is 619 g/mol. The van der Waals surface area contributed by atoms with Crippen LogP contribution in [0.25, 0.3) is 71.7 Å². The van der Waals surface area contributed by atoms with Crippen LogP contribution in [0.2, 0.25) is 0 Å². The van der Waals surface area contributed by atoms with E-state index in [-0.39, 0.29) is 0 Å². The van der Waals surface area contributed by atoms with Gasteiger partial charge in [0.25, 0.3) is 0 Å². The largest absolute Gasteiger partial charge is 0.454 e. The summed E-state index contributed by atoms with van der Waals surface area (Å²) in [5, 5.41) is 4.67. The molecule has 10 aromatic rings. The first-order valence-corrected chi connectivity index (χ1v) is 17.6. The Balaban J connectivity index is 1.16. The minimum absolute atomic E-state index is 0.443. The predicted molar refractivity (Wildman–Crippen MR) is 211 cm³/mol. The second kappa shape index (κ2) is 10.7. The molecule has 0 fully saturated rings. The highest BCUT2D eigenvalue weighted by Crippen LogP contribution is 2.56. The van der Waals surface area contributed by atoms with Gasteiger partial charge in [-0.1, -0.05) is 152 Å². The highest BCUT2D eigenvalue weighted by atomic mass is 16.3. The number of fused-ring (bicyclic) bond motifs is 10. The molecule has 0 amide bonds. The molecule has 238 valence electrons. The van der Waals surface area contributed by atoms with Gasteiger partial charge in [-0.2, -0.15) is 0 Å². The molecule has 0 N–H and O–H groups in total. The molecule has 0 atom stereocenters. The minimum atomic E-state index is -0.443. The van der Waals surface area contributed by atoms with Crippen molar-refractivity contribution >= 4 is 43.7 Å². The average Bonchev–Trinajstić information content (AvgIpc) is 3.85. The molecule has 0 saturated carbocycles. The van der Waals surface area contributed by atoms with Gasteiger partial charge in [0, 0.05) is 27.2 Å². The van der Waals surface area contributed by atoms with E-state index in [1.807, 2.05) is 6.07 Å². The maximum atomic E-state index is 6.64. The quantitative estimate of drug-likeness (QED) is 0.186. The van der Waals surface area contributed by atoms with Gasteiger partial charge in [0.1, 0.15) is 5.58 Å². The standard InChI is InChI=1S/C49H31NO/c1-3-15-34(16-4-1)49(35-17-5-2-6-18-35)43-23-10-7-20-37(43)38-27-26-33(31-44(38)49)32-14-13-19-36(30-32)50-45-24-11-8-21-39(45)41-28-29-42-40-22-9-12-25-46(40)51-48(42)47(41)50/h1-31H. The monoisotopic (exact) mass is 649 g/mol. The molecule has 0 bridgehead atoms. The van der Waals surface area contributed by atoms with Crippen LogP contribution in [-0.4, -0.2) is 4.57 Å². The van der Waals surface area contributed by atoms with Crippen molar-refractivity contribution in [2.45, 2.75) is 5.41 Å². The van der Waals surface area contributed by atoms with Gasteiger partial charge >= 0.3 is 0 Å². The first-order chi connectivity index (χ1) is 25.3. The third kappa shape index (κ3) is 3.87. The van der Waals surface area contributed by atoms with Crippen LogP contribution in [0, 0.1) is 0 Å². The lowest BCUT2D eigenvalue weighted by atomic mass is 9.67. The lowest BCUT2D eigenvalue weighted by Gasteiger charge is -2.34. The number of hydrogen-bond donors (Lipinski definition) is 0. The maximum absolute atomic E-state index is 6.64. The van der Waals surface area contributed by atoms with Crippen molar-refractivity contribution in [2.24, 2.45) is 0 Å². The SMILES string of the molecule is c1ccc(C2(c3ccccc3)c3ccccc3-c3ccc(-c4cccc(-n5c6ccccc6c6ccc7c8ccccc8oc7c65)c4)cc32)cc1. The summed E-state index contributed by atoms with van der Waals surface area (Å²) in [4.78, 5) is 0. The highest BCUT2D eigenvalue weighted by Gasteiger charge is 2.46. The molecule has 0 aliphatic heterocycles. The second-order valence-corrected chi connectivity index (χ2v) is 13.6. The van der Waals surface area contributed by atoms with Crippen molar-refractivity contribution in [1.82, 2.24) is 4.57 Å². The van der Waals surface area contributed by atoms with Crippen LogP contribution >= 0.6 is 0 Å². The van der Waals surface area contributed by atoms with E-state index in [2.05, 4.69) is 187 Å². The van der Waals surface area contributed by atoms with Gasteiger partial charge in [0.05, 0.1) is 16.4 Å². The van der Waals surface area contributed by atoms with Gasteiger partial charge in [-0.25, -0.2) is 0 Å². The fourth-order valence-electron chi connectivity index (χ4n) is 8.95. The number of rotatable bonds is 4. The van der Waals surface area contributed by atoms with Gasteiger partial charge in [0.15, 0.2) is 5.58 Å². The molecule has 11 rings (SSSR count). The van der Waals surface area contributed by atoms with Crippen molar-refractivity contribution in [1.29, 1.82) is 0 Å². The Morgan fingerprint density at radius 2 is 1.06 bits per heavy atom. The zero-order valence-electron chi connectivity index (χ0n) is 27.8. The number of benzene rings is 8. The first kappa shape index (κ1) is 28.2. The fraction of sp³-hybridized carbons (Fsp3) is 0.0204. The Hall–Kier alpha value is -6.64. The number of para-hydroxylation sites is 2. The summed E-state index contributed by atoms with van der Waals surface area (Å²) in [5.74, 6) is 0. The van der Waals surface area contributed by atoms with E-state index in [0.29, 0.717) is 0 Å². The number of nitrogens with zero attached hydrogens (tertiary/aromatic N) is 1. The van der Waals surface area contributed by atoms with Gasteiger partial charge in [-0.15, -0.1) is 0 Å². The second-order valence-electron chi connectivity index (χ2n) is 13.6. The molecule has 2 heteroatoms. The summed E-state index contributed by atoms with van der Waals surface area (Å²) in [6.07, 6.45) is 0. The number of hydrogen-bond acceptors (Lipinski definition) is 1. The Kier molecular flexibility index (Phi) is 5.91. The van der Waals surface area contributed by atoms with Crippen LogP contribution < -0.4 is 0 Å². The van der Waals surface area contributed by atoms with Gasteiger partial charge in [-0.05, 0) is 80.9 Å². The lowest BCUT2D eigenvalue weighted by molar-refractivity contribution is 0.671.